The molecule has 1 fully saturated rings. The minimum Gasteiger partial charge on any atom is -0.314 e. The summed E-state index contributed by atoms with van der Waals surface area (Å²) in [5.41, 5.74) is 0.636. The lowest BCUT2D eigenvalue weighted by Crippen LogP contribution is -2.28. The molecule has 0 bridgehead atoms. The third-order valence-electron chi connectivity index (χ3n) is 3.42. The molecule has 1 aliphatic carbocycles. The molecule has 0 radical (unpaired) electrons. The Morgan fingerprint density at radius 1 is 1.46 bits per heavy atom. The number of hydrogen-bond donors (Lipinski definition) is 1. The molecule has 78 valence electrons. The van der Waals surface area contributed by atoms with Gasteiger partial charge in [0.05, 0.1) is 0 Å². The van der Waals surface area contributed by atoms with Gasteiger partial charge in [-0.15, -0.1) is 0 Å². The first kappa shape index (κ1) is 11.0. The maximum absolute atomic E-state index is 3.63. The van der Waals surface area contributed by atoms with Crippen molar-refractivity contribution in [2.45, 2.75) is 59.4 Å². The molecule has 1 saturated carbocycles. The fraction of sp³-hybridized carbons (Fsp3) is 1.00. The third-order valence-corrected chi connectivity index (χ3v) is 3.42. The molecule has 0 aromatic rings. The topological polar surface area (TPSA) is 12.0 Å². The van der Waals surface area contributed by atoms with Crippen molar-refractivity contribution in [1.29, 1.82) is 0 Å². The molecule has 2 unspecified atom stereocenters. The van der Waals surface area contributed by atoms with Crippen molar-refractivity contribution in [2.24, 2.45) is 11.3 Å². The molecule has 1 N–H and O–H groups in total. The fourth-order valence-electron chi connectivity index (χ4n) is 1.88. The zero-order valence-electron chi connectivity index (χ0n) is 9.69. The highest BCUT2D eigenvalue weighted by Crippen LogP contribution is 2.51. The van der Waals surface area contributed by atoms with E-state index in [0.29, 0.717) is 5.41 Å². The van der Waals surface area contributed by atoms with Crippen LogP contribution in [0.4, 0.5) is 0 Å². The van der Waals surface area contributed by atoms with E-state index in [2.05, 4.69) is 33.0 Å². The summed E-state index contributed by atoms with van der Waals surface area (Å²) >= 11 is 0. The van der Waals surface area contributed by atoms with Gasteiger partial charge in [-0.1, -0.05) is 33.6 Å². The Morgan fingerprint density at radius 3 is 2.54 bits per heavy atom. The van der Waals surface area contributed by atoms with Crippen LogP contribution in [0.15, 0.2) is 0 Å². The van der Waals surface area contributed by atoms with Crippen LogP contribution in [0.1, 0.15) is 53.4 Å². The molecule has 0 spiro atoms. The van der Waals surface area contributed by atoms with Crippen molar-refractivity contribution in [3.05, 3.63) is 0 Å². The van der Waals surface area contributed by atoms with Gasteiger partial charge < -0.3 is 5.32 Å². The summed E-state index contributed by atoms with van der Waals surface area (Å²) in [5.74, 6) is 0.941. The summed E-state index contributed by atoms with van der Waals surface area (Å²) in [6, 6.07) is 0.719. The van der Waals surface area contributed by atoms with E-state index in [0.717, 1.165) is 12.0 Å². The zero-order valence-corrected chi connectivity index (χ0v) is 9.69. The Morgan fingerprint density at radius 2 is 2.08 bits per heavy atom. The second-order valence-corrected chi connectivity index (χ2v) is 5.34. The molecule has 2 atom stereocenters. The average Bonchev–Trinajstić information content (AvgIpc) is 2.67. The highest BCUT2D eigenvalue weighted by atomic mass is 14.9. The van der Waals surface area contributed by atoms with E-state index in [1.807, 2.05) is 0 Å². The predicted molar refractivity (Wildman–Crippen MR) is 58.9 cm³/mol. The van der Waals surface area contributed by atoms with Crippen LogP contribution in [-0.4, -0.2) is 12.6 Å². The average molecular weight is 183 g/mol. The van der Waals surface area contributed by atoms with Gasteiger partial charge in [-0.05, 0) is 37.6 Å². The second kappa shape index (κ2) is 4.45. The van der Waals surface area contributed by atoms with Gasteiger partial charge >= 0.3 is 0 Å². The summed E-state index contributed by atoms with van der Waals surface area (Å²) in [5, 5.41) is 3.63. The van der Waals surface area contributed by atoms with Crippen LogP contribution in [0.3, 0.4) is 0 Å². The van der Waals surface area contributed by atoms with Crippen molar-refractivity contribution >= 4 is 0 Å². The molecule has 0 aromatic carbocycles. The van der Waals surface area contributed by atoms with Crippen LogP contribution in [0.25, 0.3) is 0 Å². The van der Waals surface area contributed by atoms with Gasteiger partial charge in [0.25, 0.3) is 0 Å². The van der Waals surface area contributed by atoms with Crippen LogP contribution < -0.4 is 5.32 Å². The van der Waals surface area contributed by atoms with Crippen molar-refractivity contribution in [2.75, 3.05) is 6.54 Å². The minimum absolute atomic E-state index is 0.636. The summed E-state index contributed by atoms with van der Waals surface area (Å²) in [7, 11) is 0. The van der Waals surface area contributed by atoms with E-state index in [4.69, 9.17) is 0 Å². The number of rotatable bonds is 6. The summed E-state index contributed by atoms with van der Waals surface area (Å²) < 4.78 is 0. The molecule has 0 amide bonds. The number of nitrogens with one attached hydrogen (secondary N) is 1. The largest absolute Gasteiger partial charge is 0.314 e. The lowest BCUT2D eigenvalue weighted by molar-refractivity contribution is 0.451. The first-order chi connectivity index (χ1) is 6.06. The summed E-state index contributed by atoms with van der Waals surface area (Å²) in [6.45, 7) is 10.5. The van der Waals surface area contributed by atoms with Gasteiger partial charge in [-0.3, -0.25) is 0 Å². The van der Waals surface area contributed by atoms with Crippen LogP contribution in [0.5, 0.6) is 0 Å². The van der Waals surface area contributed by atoms with E-state index in [9.17, 15) is 0 Å². The lowest BCUT2D eigenvalue weighted by Gasteiger charge is -2.13. The second-order valence-electron chi connectivity index (χ2n) is 5.34. The highest BCUT2D eigenvalue weighted by molar-refractivity contribution is 4.96. The highest BCUT2D eigenvalue weighted by Gasteiger charge is 2.44. The number of unbranched alkanes of at least 4 members (excludes halogenated alkanes) is 1. The van der Waals surface area contributed by atoms with Gasteiger partial charge in [-0.2, -0.15) is 0 Å². The normalized spacial score (nSPS) is 27.2. The Hall–Kier alpha value is -0.0400. The maximum Gasteiger partial charge on any atom is 0.00388 e. The van der Waals surface area contributed by atoms with Gasteiger partial charge in [0.1, 0.15) is 0 Å². The fourth-order valence-corrected chi connectivity index (χ4v) is 1.88. The monoisotopic (exact) mass is 183 g/mol. The lowest BCUT2D eigenvalue weighted by atomic mass is 10.1. The quantitative estimate of drug-likeness (QED) is 0.667. The summed E-state index contributed by atoms with van der Waals surface area (Å²) in [6.07, 6.45) is 5.44. The van der Waals surface area contributed by atoms with Crippen LogP contribution >= 0.6 is 0 Å². The molecule has 1 aliphatic rings. The van der Waals surface area contributed by atoms with Crippen LogP contribution in [-0.2, 0) is 0 Å². The van der Waals surface area contributed by atoms with Gasteiger partial charge in [0.15, 0.2) is 0 Å². The third kappa shape index (κ3) is 3.68. The van der Waals surface area contributed by atoms with Gasteiger partial charge in [0.2, 0.25) is 0 Å². The molecule has 0 aromatic heterocycles. The van der Waals surface area contributed by atoms with Gasteiger partial charge in [-0.25, -0.2) is 0 Å². The minimum atomic E-state index is 0.636. The van der Waals surface area contributed by atoms with E-state index >= 15 is 0 Å². The molecule has 13 heavy (non-hydrogen) atoms. The Balaban J connectivity index is 2.00. The smallest absolute Gasteiger partial charge is 0.00388 e. The number of hydrogen-bond acceptors (Lipinski definition) is 1. The summed E-state index contributed by atoms with van der Waals surface area (Å²) in [4.78, 5) is 0. The van der Waals surface area contributed by atoms with E-state index in [1.54, 1.807) is 0 Å². The predicted octanol–water partition coefficient (Wildman–Crippen LogP) is 3.20. The molecule has 1 nitrogen and oxygen atoms in total. The maximum atomic E-state index is 3.63. The molecule has 0 aliphatic heterocycles. The van der Waals surface area contributed by atoms with Crippen molar-refractivity contribution in [3.8, 4) is 0 Å². The molecule has 1 heteroatoms. The van der Waals surface area contributed by atoms with Crippen LogP contribution in [0.2, 0.25) is 0 Å². The van der Waals surface area contributed by atoms with Crippen LogP contribution in [0, 0.1) is 11.3 Å². The van der Waals surface area contributed by atoms with Crippen molar-refractivity contribution in [1.82, 2.24) is 5.32 Å². The van der Waals surface area contributed by atoms with Crippen molar-refractivity contribution < 1.29 is 0 Å². The van der Waals surface area contributed by atoms with E-state index in [-0.39, 0.29) is 0 Å². The molecular weight excluding hydrogens is 158 g/mol. The Bertz CT molecular complexity index is 151. The molecule has 0 saturated heterocycles. The Kier molecular flexibility index (Phi) is 3.78. The van der Waals surface area contributed by atoms with E-state index < -0.39 is 0 Å². The first-order valence-corrected chi connectivity index (χ1v) is 5.79. The van der Waals surface area contributed by atoms with Crippen molar-refractivity contribution in [3.63, 3.8) is 0 Å². The molecule has 0 heterocycles. The zero-order chi connectivity index (χ0) is 9.90. The first-order valence-electron chi connectivity index (χ1n) is 5.79. The Labute approximate surface area is 83.3 Å². The molecular formula is C12H25N. The van der Waals surface area contributed by atoms with Gasteiger partial charge in [0, 0.05) is 6.04 Å². The molecule has 1 rings (SSSR count). The SMILES string of the molecule is CCCCC(C)NCC1CC1(C)C. The van der Waals surface area contributed by atoms with E-state index in [1.165, 1.54) is 32.2 Å². The standard InChI is InChI=1S/C12H25N/c1-5-6-7-10(2)13-9-11-8-12(11,3)4/h10-11,13H,5-9H2,1-4H3.